The Morgan fingerprint density at radius 1 is 1.36 bits per heavy atom. The maximum Gasteiger partial charge on any atom is 0.0826 e. The van der Waals surface area contributed by atoms with Crippen molar-refractivity contribution in [1.29, 1.82) is 0 Å². The first-order valence-electron chi connectivity index (χ1n) is 3.03. The Bertz CT molecular complexity index is 225. The van der Waals surface area contributed by atoms with Gasteiger partial charge < -0.3 is 0 Å². The van der Waals surface area contributed by atoms with Gasteiger partial charge in [-0.15, -0.1) is 15.6 Å². The van der Waals surface area contributed by atoms with Gasteiger partial charge in [-0.1, -0.05) is 18.2 Å². The number of para-hydroxylation sites is 1. The van der Waals surface area contributed by atoms with Crippen molar-refractivity contribution in [3.05, 3.63) is 35.2 Å². The lowest BCUT2D eigenvalue weighted by Gasteiger charge is -2.11. The summed E-state index contributed by atoms with van der Waals surface area (Å²) in [4.78, 5) is 10.1. The predicted molar refractivity (Wildman–Crippen MR) is 42.0 cm³/mol. The third kappa shape index (κ3) is 1.73. The molecule has 58 valence electrons. The first-order valence-corrected chi connectivity index (χ1v) is 3.03. The lowest BCUT2D eigenvalue weighted by Crippen LogP contribution is -2.38. The molecule has 1 aromatic rings. The molecule has 0 heterocycles. The van der Waals surface area contributed by atoms with E-state index in [2.05, 4.69) is 10.8 Å². The van der Waals surface area contributed by atoms with E-state index in [1.165, 1.54) is 0 Å². The van der Waals surface area contributed by atoms with Crippen molar-refractivity contribution in [3.63, 3.8) is 0 Å². The molecule has 0 fully saturated rings. The number of anilines is 1. The smallest absolute Gasteiger partial charge is 0.0826 e. The Balaban J connectivity index is 2.82. The van der Waals surface area contributed by atoms with Gasteiger partial charge in [0.15, 0.2) is 0 Å². The molecular formula is C6H8N4O. The molecule has 0 saturated carbocycles. The van der Waals surface area contributed by atoms with Crippen molar-refractivity contribution in [3.8, 4) is 0 Å². The number of benzene rings is 1. The number of nitroso groups, excluding NO2 is 1. The van der Waals surface area contributed by atoms with Gasteiger partial charge in [-0.2, -0.15) is 0 Å². The highest BCUT2D eigenvalue weighted by Crippen LogP contribution is 2.09. The molecule has 0 spiro atoms. The van der Waals surface area contributed by atoms with Crippen LogP contribution in [0.1, 0.15) is 0 Å². The van der Waals surface area contributed by atoms with Gasteiger partial charge in [0.05, 0.1) is 11.0 Å². The van der Waals surface area contributed by atoms with Crippen LogP contribution in [0.3, 0.4) is 0 Å². The van der Waals surface area contributed by atoms with Crippen molar-refractivity contribution in [2.24, 2.45) is 11.1 Å². The van der Waals surface area contributed by atoms with E-state index < -0.39 is 0 Å². The van der Waals surface area contributed by atoms with Gasteiger partial charge >= 0.3 is 0 Å². The van der Waals surface area contributed by atoms with Crippen molar-refractivity contribution >= 4 is 5.69 Å². The largest absolute Gasteiger partial charge is 0.251 e. The summed E-state index contributed by atoms with van der Waals surface area (Å²) >= 11 is 0. The van der Waals surface area contributed by atoms with Crippen LogP contribution < -0.4 is 16.5 Å². The van der Waals surface area contributed by atoms with Gasteiger partial charge in [-0.3, -0.25) is 5.84 Å². The minimum Gasteiger partial charge on any atom is -0.251 e. The summed E-state index contributed by atoms with van der Waals surface area (Å²) in [6.07, 6.45) is 0. The van der Waals surface area contributed by atoms with Gasteiger partial charge in [-0.25, -0.2) is 0 Å². The number of nitrogens with zero attached hydrogens (tertiary/aromatic N) is 2. The van der Waals surface area contributed by atoms with Crippen molar-refractivity contribution in [1.82, 2.24) is 5.53 Å². The lowest BCUT2D eigenvalue weighted by molar-refractivity contribution is 0.676. The number of nitrogens with two attached hydrogens (primary N) is 1. The zero-order valence-corrected chi connectivity index (χ0v) is 5.77. The van der Waals surface area contributed by atoms with E-state index in [1.807, 2.05) is 6.07 Å². The van der Waals surface area contributed by atoms with Crippen LogP contribution >= 0.6 is 0 Å². The van der Waals surface area contributed by atoms with E-state index in [9.17, 15) is 4.91 Å². The summed E-state index contributed by atoms with van der Waals surface area (Å²) in [7, 11) is 0. The van der Waals surface area contributed by atoms with E-state index in [0.29, 0.717) is 5.69 Å². The fourth-order valence-corrected chi connectivity index (χ4v) is 0.714. The second-order valence-corrected chi connectivity index (χ2v) is 1.86. The van der Waals surface area contributed by atoms with E-state index in [0.717, 1.165) is 5.12 Å². The highest BCUT2D eigenvalue weighted by atomic mass is 16.3. The average molecular weight is 152 g/mol. The van der Waals surface area contributed by atoms with Crippen molar-refractivity contribution in [2.75, 3.05) is 5.12 Å². The highest BCUT2D eigenvalue weighted by Gasteiger charge is 2.00. The quantitative estimate of drug-likeness (QED) is 0.377. The number of hydrogen-bond acceptors (Lipinski definition) is 4. The minimum atomic E-state index is 0.602. The molecule has 0 aliphatic heterocycles. The van der Waals surface area contributed by atoms with Crippen molar-refractivity contribution in [2.45, 2.75) is 0 Å². The van der Waals surface area contributed by atoms with Gasteiger partial charge in [0.25, 0.3) is 0 Å². The molecule has 0 bridgehead atoms. The van der Waals surface area contributed by atoms with E-state index in [4.69, 9.17) is 5.84 Å². The van der Waals surface area contributed by atoms with Crippen LogP contribution in [0.4, 0.5) is 5.69 Å². The highest BCUT2D eigenvalue weighted by molar-refractivity contribution is 5.43. The van der Waals surface area contributed by atoms with Crippen molar-refractivity contribution < 1.29 is 0 Å². The molecule has 0 saturated heterocycles. The first-order chi connectivity index (χ1) is 5.38. The van der Waals surface area contributed by atoms with Crippen LogP contribution in [0.2, 0.25) is 0 Å². The van der Waals surface area contributed by atoms with Crippen LogP contribution in [-0.2, 0) is 0 Å². The summed E-state index contributed by atoms with van der Waals surface area (Å²) in [5.74, 6) is 5.00. The molecule has 11 heavy (non-hydrogen) atoms. The molecule has 0 aromatic heterocycles. The molecule has 0 aliphatic rings. The zero-order chi connectivity index (χ0) is 8.10. The fourth-order valence-electron chi connectivity index (χ4n) is 0.714. The Morgan fingerprint density at radius 2 is 2.00 bits per heavy atom. The Kier molecular flexibility index (Phi) is 2.53. The van der Waals surface area contributed by atoms with Crippen LogP contribution in [0.15, 0.2) is 35.6 Å². The number of rotatable bonds is 3. The molecule has 0 atom stereocenters. The minimum absolute atomic E-state index is 0.602. The SMILES string of the molecule is NNN(N=O)c1ccccc1. The molecule has 5 nitrogen and oxygen atoms in total. The Morgan fingerprint density at radius 3 is 2.45 bits per heavy atom. The summed E-state index contributed by atoms with van der Waals surface area (Å²) in [6.45, 7) is 0. The third-order valence-electron chi connectivity index (χ3n) is 1.20. The molecule has 5 heteroatoms. The van der Waals surface area contributed by atoms with Crippen LogP contribution in [0.5, 0.6) is 0 Å². The summed E-state index contributed by atoms with van der Waals surface area (Å²) in [5, 5.41) is 3.55. The number of hydrazine groups is 2. The van der Waals surface area contributed by atoms with E-state index >= 15 is 0 Å². The maximum absolute atomic E-state index is 10.1. The zero-order valence-electron chi connectivity index (χ0n) is 5.77. The maximum atomic E-state index is 10.1. The molecule has 0 radical (unpaired) electrons. The monoisotopic (exact) mass is 152 g/mol. The molecular weight excluding hydrogens is 144 g/mol. The van der Waals surface area contributed by atoms with Gasteiger partial charge in [0.2, 0.25) is 0 Å². The number of hydrogen-bond donors (Lipinski definition) is 2. The van der Waals surface area contributed by atoms with Gasteiger partial charge in [0.1, 0.15) is 0 Å². The summed E-state index contributed by atoms with van der Waals surface area (Å²) < 4.78 is 0. The molecule has 0 aliphatic carbocycles. The van der Waals surface area contributed by atoms with Gasteiger partial charge in [-0.05, 0) is 12.1 Å². The summed E-state index contributed by atoms with van der Waals surface area (Å²) in [6, 6.07) is 8.82. The molecule has 1 aromatic carbocycles. The van der Waals surface area contributed by atoms with E-state index in [-0.39, 0.29) is 0 Å². The van der Waals surface area contributed by atoms with E-state index in [1.54, 1.807) is 24.3 Å². The summed E-state index contributed by atoms with van der Waals surface area (Å²) in [5.41, 5.74) is 2.72. The lowest BCUT2D eigenvalue weighted by atomic mass is 10.3. The average Bonchev–Trinajstić information content (AvgIpc) is 2.09. The standard InChI is InChI=1S/C6H8N4O/c7-8-10(9-11)6-4-2-1-3-5-6/h1-5,8H,7H2. The first kappa shape index (κ1) is 7.64. The predicted octanol–water partition coefficient (Wildman–Crippen LogP) is 0.553. The van der Waals surface area contributed by atoms with Crippen LogP contribution in [0.25, 0.3) is 0 Å². The Hall–Kier alpha value is -1.46. The van der Waals surface area contributed by atoms with Crippen LogP contribution in [-0.4, -0.2) is 0 Å². The second kappa shape index (κ2) is 3.65. The number of nitrogens with one attached hydrogen (secondary N) is 1. The third-order valence-corrected chi connectivity index (χ3v) is 1.20. The topological polar surface area (TPSA) is 70.7 Å². The van der Waals surface area contributed by atoms with Gasteiger partial charge in [0, 0.05) is 0 Å². The second-order valence-electron chi connectivity index (χ2n) is 1.86. The normalized spacial score (nSPS) is 9.18. The molecule has 0 amide bonds. The molecule has 1 rings (SSSR count). The molecule has 3 N–H and O–H groups in total. The fraction of sp³-hybridized carbons (Fsp3) is 0. The Labute approximate surface area is 63.7 Å². The van der Waals surface area contributed by atoms with Crippen LogP contribution in [0, 0.1) is 4.91 Å². The molecule has 0 unspecified atom stereocenters.